The van der Waals surface area contributed by atoms with Crippen molar-refractivity contribution in [1.29, 1.82) is 0 Å². The summed E-state index contributed by atoms with van der Waals surface area (Å²) < 4.78 is 0. The smallest absolute Gasteiger partial charge is 0.0249 e. The van der Waals surface area contributed by atoms with Gasteiger partial charge < -0.3 is 5.32 Å². The Morgan fingerprint density at radius 1 is 1.31 bits per heavy atom. The van der Waals surface area contributed by atoms with E-state index in [-0.39, 0.29) is 0 Å². The molecule has 0 aromatic rings. The molecule has 0 aromatic heterocycles. The van der Waals surface area contributed by atoms with Crippen LogP contribution in [0.25, 0.3) is 0 Å². The van der Waals surface area contributed by atoms with Crippen molar-refractivity contribution < 1.29 is 0 Å². The van der Waals surface area contributed by atoms with E-state index in [0.29, 0.717) is 6.04 Å². The maximum absolute atomic E-state index is 3.52. The highest BCUT2D eigenvalue weighted by atomic mass is 15.2. The maximum atomic E-state index is 3.52. The summed E-state index contributed by atoms with van der Waals surface area (Å²) in [5.41, 5.74) is 0. The van der Waals surface area contributed by atoms with Gasteiger partial charge in [0, 0.05) is 24.7 Å². The summed E-state index contributed by atoms with van der Waals surface area (Å²) in [4.78, 5) is 2.74. The summed E-state index contributed by atoms with van der Waals surface area (Å²) in [5.74, 6) is 0.878. The van der Waals surface area contributed by atoms with Gasteiger partial charge in [0.15, 0.2) is 0 Å². The molecule has 16 heavy (non-hydrogen) atoms. The minimum Gasteiger partial charge on any atom is -0.315 e. The van der Waals surface area contributed by atoms with Gasteiger partial charge in [-0.15, -0.1) is 0 Å². The number of hydrogen-bond donors (Lipinski definition) is 1. The van der Waals surface area contributed by atoms with Crippen molar-refractivity contribution in [2.24, 2.45) is 5.92 Å². The lowest BCUT2D eigenvalue weighted by Crippen LogP contribution is -2.50. The lowest BCUT2D eigenvalue weighted by atomic mass is 9.99. The Hall–Kier alpha value is -0.0800. The summed E-state index contributed by atoms with van der Waals surface area (Å²) in [7, 11) is 2.12. The number of rotatable bonds is 6. The molecule has 4 atom stereocenters. The first-order valence-corrected chi connectivity index (χ1v) is 7.06. The van der Waals surface area contributed by atoms with Gasteiger partial charge >= 0.3 is 0 Å². The highest BCUT2D eigenvalue weighted by Gasteiger charge is 2.33. The van der Waals surface area contributed by atoms with Crippen molar-refractivity contribution in [3.8, 4) is 0 Å². The van der Waals surface area contributed by atoms with E-state index in [2.05, 4.69) is 45.0 Å². The monoisotopic (exact) mass is 226 g/mol. The molecule has 96 valence electrons. The quantitative estimate of drug-likeness (QED) is 0.749. The third-order valence-electron chi connectivity index (χ3n) is 4.11. The molecule has 1 rings (SSSR count). The molecule has 0 aromatic carbocycles. The molecule has 0 amide bonds. The van der Waals surface area contributed by atoms with E-state index in [1.807, 2.05) is 0 Å². The maximum Gasteiger partial charge on any atom is 0.0249 e. The second kappa shape index (κ2) is 6.61. The molecule has 2 nitrogen and oxygen atoms in total. The van der Waals surface area contributed by atoms with Crippen molar-refractivity contribution in [1.82, 2.24) is 10.2 Å². The Bertz CT molecular complexity index is 193. The standard InChI is InChI=1S/C14H30N2/c1-6-8-13(15-5)14(7-2)16-10-11(3)9-12(16)4/h11-15H,6-10H2,1-5H3. The van der Waals surface area contributed by atoms with E-state index < -0.39 is 0 Å². The fourth-order valence-corrected chi connectivity index (χ4v) is 3.38. The van der Waals surface area contributed by atoms with Crippen LogP contribution in [0.5, 0.6) is 0 Å². The average Bonchev–Trinajstić information content (AvgIpc) is 2.58. The third kappa shape index (κ3) is 3.21. The van der Waals surface area contributed by atoms with Crippen LogP contribution in [0, 0.1) is 5.92 Å². The molecule has 2 heteroatoms. The summed E-state index contributed by atoms with van der Waals surface area (Å²) in [6, 6.07) is 2.17. The zero-order valence-electron chi connectivity index (χ0n) is 11.8. The molecule has 0 spiro atoms. The molecular weight excluding hydrogens is 196 g/mol. The molecule has 0 radical (unpaired) electrons. The van der Waals surface area contributed by atoms with Gasteiger partial charge in [-0.3, -0.25) is 4.90 Å². The number of likely N-dealkylation sites (tertiary alicyclic amines) is 1. The Balaban J connectivity index is 2.64. The summed E-state index contributed by atoms with van der Waals surface area (Å²) in [6.07, 6.45) is 5.22. The van der Waals surface area contributed by atoms with Crippen LogP contribution in [0.3, 0.4) is 0 Å². The van der Waals surface area contributed by atoms with E-state index in [1.54, 1.807) is 0 Å². The molecular formula is C14H30N2. The third-order valence-corrected chi connectivity index (χ3v) is 4.11. The van der Waals surface area contributed by atoms with Gasteiger partial charge in [-0.05, 0) is 39.2 Å². The minimum absolute atomic E-state index is 0.669. The van der Waals surface area contributed by atoms with Crippen molar-refractivity contribution >= 4 is 0 Å². The molecule has 1 saturated heterocycles. The van der Waals surface area contributed by atoms with Gasteiger partial charge in [-0.25, -0.2) is 0 Å². The first kappa shape index (κ1) is 14.0. The highest BCUT2D eigenvalue weighted by Crippen LogP contribution is 2.27. The fourth-order valence-electron chi connectivity index (χ4n) is 3.38. The first-order chi connectivity index (χ1) is 7.63. The van der Waals surface area contributed by atoms with Crippen LogP contribution in [0.2, 0.25) is 0 Å². The first-order valence-electron chi connectivity index (χ1n) is 7.06. The zero-order valence-corrected chi connectivity index (χ0v) is 11.8. The van der Waals surface area contributed by atoms with Crippen molar-refractivity contribution in [3.05, 3.63) is 0 Å². The second-order valence-electron chi connectivity index (χ2n) is 5.55. The van der Waals surface area contributed by atoms with Crippen molar-refractivity contribution in [2.75, 3.05) is 13.6 Å². The summed E-state index contributed by atoms with van der Waals surface area (Å²) in [5, 5.41) is 3.52. The van der Waals surface area contributed by atoms with Crippen LogP contribution in [-0.2, 0) is 0 Å². The summed E-state index contributed by atoms with van der Waals surface area (Å²) >= 11 is 0. The fraction of sp³-hybridized carbons (Fsp3) is 1.00. The Kier molecular flexibility index (Phi) is 5.77. The molecule has 1 N–H and O–H groups in total. The van der Waals surface area contributed by atoms with Gasteiger partial charge in [0.05, 0.1) is 0 Å². The Labute approximate surface area is 102 Å². The Morgan fingerprint density at radius 2 is 2.00 bits per heavy atom. The highest BCUT2D eigenvalue weighted by molar-refractivity contribution is 4.90. The molecule has 0 saturated carbocycles. The van der Waals surface area contributed by atoms with Gasteiger partial charge in [-0.1, -0.05) is 27.2 Å². The molecule has 0 aliphatic carbocycles. The van der Waals surface area contributed by atoms with E-state index in [0.717, 1.165) is 18.0 Å². The van der Waals surface area contributed by atoms with Crippen LogP contribution in [0.1, 0.15) is 53.4 Å². The molecule has 1 heterocycles. The number of likely N-dealkylation sites (N-methyl/N-ethyl adjacent to an activating group) is 1. The number of nitrogens with one attached hydrogen (secondary N) is 1. The van der Waals surface area contributed by atoms with Crippen LogP contribution in [0.4, 0.5) is 0 Å². The normalized spacial score (nSPS) is 30.6. The largest absolute Gasteiger partial charge is 0.315 e. The molecule has 1 aliphatic rings. The van der Waals surface area contributed by atoms with Gasteiger partial charge in [0.2, 0.25) is 0 Å². The minimum atomic E-state index is 0.669. The van der Waals surface area contributed by atoms with E-state index >= 15 is 0 Å². The molecule has 1 aliphatic heterocycles. The van der Waals surface area contributed by atoms with E-state index in [1.165, 1.54) is 32.2 Å². The van der Waals surface area contributed by atoms with E-state index in [9.17, 15) is 0 Å². The number of hydrogen-bond acceptors (Lipinski definition) is 2. The predicted octanol–water partition coefficient (Wildman–Crippen LogP) is 2.88. The lowest BCUT2D eigenvalue weighted by Gasteiger charge is -2.36. The van der Waals surface area contributed by atoms with Crippen LogP contribution >= 0.6 is 0 Å². The zero-order chi connectivity index (χ0) is 12.1. The van der Waals surface area contributed by atoms with Gasteiger partial charge in [-0.2, -0.15) is 0 Å². The number of nitrogens with zero attached hydrogens (tertiary/aromatic N) is 1. The van der Waals surface area contributed by atoms with Crippen LogP contribution < -0.4 is 5.32 Å². The second-order valence-corrected chi connectivity index (χ2v) is 5.55. The van der Waals surface area contributed by atoms with Gasteiger partial charge in [0.1, 0.15) is 0 Å². The molecule has 0 bridgehead atoms. The van der Waals surface area contributed by atoms with E-state index in [4.69, 9.17) is 0 Å². The molecule has 4 unspecified atom stereocenters. The van der Waals surface area contributed by atoms with Crippen molar-refractivity contribution in [3.63, 3.8) is 0 Å². The van der Waals surface area contributed by atoms with Crippen LogP contribution in [-0.4, -0.2) is 36.6 Å². The van der Waals surface area contributed by atoms with Crippen molar-refractivity contribution in [2.45, 2.75) is 71.5 Å². The van der Waals surface area contributed by atoms with Crippen LogP contribution in [0.15, 0.2) is 0 Å². The van der Waals surface area contributed by atoms with Gasteiger partial charge in [0.25, 0.3) is 0 Å². The summed E-state index contributed by atoms with van der Waals surface area (Å²) in [6.45, 7) is 10.7. The molecule has 1 fully saturated rings. The SMILES string of the molecule is CCCC(NC)C(CC)N1CC(C)CC1C. The average molecular weight is 226 g/mol. The Morgan fingerprint density at radius 3 is 2.38 bits per heavy atom. The topological polar surface area (TPSA) is 15.3 Å². The predicted molar refractivity (Wildman–Crippen MR) is 71.8 cm³/mol. The lowest BCUT2D eigenvalue weighted by molar-refractivity contribution is 0.141.